The van der Waals surface area contributed by atoms with Crippen LogP contribution in [0.1, 0.15) is 36.3 Å². The van der Waals surface area contributed by atoms with Gasteiger partial charge in [-0.1, -0.05) is 6.92 Å². The quantitative estimate of drug-likeness (QED) is 0.800. The van der Waals surface area contributed by atoms with E-state index in [1.165, 1.54) is 11.3 Å². The Hall–Kier alpha value is -1.95. The van der Waals surface area contributed by atoms with Gasteiger partial charge in [-0.2, -0.15) is 5.10 Å². The van der Waals surface area contributed by atoms with Crippen molar-refractivity contribution >= 4 is 27.4 Å². The first kappa shape index (κ1) is 14.0. The molecule has 21 heavy (non-hydrogen) atoms. The van der Waals surface area contributed by atoms with Crippen LogP contribution < -0.4 is 5.32 Å². The van der Waals surface area contributed by atoms with E-state index >= 15 is 0 Å². The Balaban J connectivity index is 2.00. The summed E-state index contributed by atoms with van der Waals surface area (Å²) in [5, 5.41) is 11.2. The molecule has 0 aliphatic heterocycles. The second kappa shape index (κ2) is 5.44. The topological polar surface area (TPSA) is 55.6 Å². The zero-order chi connectivity index (χ0) is 15.0. The Bertz CT molecular complexity index is 774. The first-order valence-electron chi connectivity index (χ1n) is 7.06. The molecule has 0 aromatic carbocycles. The van der Waals surface area contributed by atoms with Gasteiger partial charge in [-0.3, -0.25) is 4.68 Å². The molecule has 3 rings (SSSR count). The fourth-order valence-corrected chi connectivity index (χ4v) is 3.48. The van der Waals surface area contributed by atoms with E-state index < -0.39 is 0 Å². The van der Waals surface area contributed by atoms with E-state index in [1.54, 1.807) is 17.7 Å². The first-order chi connectivity index (χ1) is 10.1. The van der Waals surface area contributed by atoms with E-state index in [2.05, 4.69) is 47.2 Å². The standard InChI is InChI=1S/C15H19N5S/c1-5-12(13-9(2)19-20(4)10(13)3)18-14-11-6-7-21-15(11)17-8-16-14/h6-8,12H,5H2,1-4H3,(H,16,17,18). The minimum absolute atomic E-state index is 0.205. The van der Waals surface area contributed by atoms with Crippen LogP contribution in [0.5, 0.6) is 0 Å². The largest absolute Gasteiger partial charge is 0.362 e. The summed E-state index contributed by atoms with van der Waals surface area (Å²) < 4.78 is 1.94. The van der Waals surface area contributed by atoms with E-state index in [0.29, 0.717) is 0 Å². The van der Waals surface area contributed by atoms with Crippen molar-refractivity contribution in [2.45, 2.75) is 33.2 Å². The van der Waals surface area contributed by atoms with Gasteiger partial charge in [-0.15, -0.1) is 11.3 Å². The van der Waals surface area contributed by atoms with Gasteiger partial charge in [-0.05, 0) is 31.7 Å². The summed E-state index contributed by atoms with van der Waals surface area (Å²) in [5.41, 5.74) is 3.54. The summed E-state index contributed by atoms with van der Waals surface area (Å²) in [6, 6.07) is 2.27. The highest BCUT2D eigenvalue weighted by Gasteiger charge is 2.20. The van der Waals surface area contributed by atoms with Crippen molar-refractivity contribution in [2.75, 3.05) is 5.32 Å². The Kier molecular flexibility index (Phi) is 3.63. The second-order valence-electron chi connectivity index (χ2n) is 5.17. The van der Waals surface area contributed by atoms with Crippen LogP contribution in [-0.2, 0) is 7.05 Å². The Morgan fingerprint density at radius 1 is 1.33 bits per heavy atom. The molecule has 0 aliphatic rings. The number of aryl methyl sites for hydroxylation is 2. The number of nitrogens with one attached hydrogen (secondary N) is 1. The van der Waals surface area contributed by atoms with Crippen molar-refractivity contribution in [2.24, 2.45) is 7.05 Å². The molecular formula is C15H19N5S. The number of fused-ring (bicyclic) bond motifs is 1. The fourth-order valence-electron chi connectivity index (χ4n) is 2.74. The highest BCUT2D eigenvalue weighted by molar-refractivity contribution is 7.16. The van der Waals surface area contributed by atoms with Crippen molar-refractivity contribution < 1.29 is 0 Å². The van der Waals surface area contributed by atoms with Gasteiger partial charge in [-0.25, -0.2) is 9.97 Å². The van der Waals surface area contributed by atoms with Gasteiger partial charge < -0.3 is 5.32 Å². The normalized spacial score (nSPS) is 12.8. The van der Waals surface area contributed by atoms with Gasteiger partial charge >= 0.3 is 0 Å². The minimum atomic E-state index is 0.205. The van der Waals surface area contributed by atoms with E-state index in [0.717, 1.165) is 28.1 Å². The molecule has 0 aliphatic carbocycles. The van der Waals surface area contributed by atoms with Gasteiger partial charge in [0.1, 0.15) is 17.0 Å². The highest BCUT2D eigenvalue weighted by atomic mass is 32.1. The molecule has 0 radical (unpaired) electrons. The summed E-state index contributed by atoms with van der Waals surface area (Å²) in [5.74, 6) is 0.899. The van der Waals surface area contributed by atoms with Crippen LogP contribution in [0.3, 0.4) is 0 Å². The van der Waals surface area contributed by atoms with Crippen LogP contribution in [0.2, 0.25) is 0 Å². The third-order valence-corrected chi connectivity index (χ3v) is 4.72. The van der Waals surface area contributed by atoms with Gasteiger partial charge in [0.2, 0.25) is 0 Å². The van der Waals surface area contributed by atoms with Crippen molar-refractivity contribution in [3.8, 4) is 0 Å². The third kappa shape index (κ3) is 2.40. The average Bonchev–Trinajstić information content (AvgIpc) is 3.03. The van der Waals surface area contributed by atoms with Crippen LogP contribution in [0.25, 0.3) is 10.2 Å². The maximum absolute atomic E-state index is 4.52. The zero-order valence-corrected chi connectivity index (χ0v) is 13.5. The second-order valence-corrected chi connectivity index (χ2v) is 6.07. The number of hydrogen-bond acceptors (Lipinski definition) is 5. The molecule has 3 aromatic rings. The molecule has 0 amide bonds. The van der Waals surface area contributed by atoms with E-state index in [-0.39, 0.29) is 6.04 Å². The van der Waals surface area contributed by atoms with Crippen molar-refractivity contribution in [3.63, 3.8) is 0 Å². The van der Waals surface area contributed by atoms with Gasteiger partial charge in [0.25, 0.3) is 0 Å². The first-order valence-corrected chi connectivity index (χ1v) is 7.94. The molecule has 0 fully saturated rings. The predicted molar refractivity (Wildman–Crippen MR) is 86.8 cm³/mol. The van der Waals surface area contributed by atoms with Crippen LogP contribution in [0, 0.1) is 13.8 Å². The molecular weight excluding hydrogens is 282 g/mol. The molecule has 5 nitrogen and oxygen atoms in total. The molecule has 0 saturated heterocycles. The Labute approximate surface area is 128 Å². The lowest BCUT2D eigenvalue weighted by molar-refractivity contribution is 0.715. The van der Waals surface area contributed by atoms with Gasteiger partial charge in [0.15, 0.2) is 0 Å². The van der Waals surface area contributed by atoms with E-state index in [4.69, 9.17) is 0 Å². The SMILES string of the molecule is CCC(Nc1ncnc2sccc12)c1c(C)nn(C)c1C. The lowest BCUT2D eigenvalue weighted by Crippen LogP contribution is -2.13. The molecule has 1 N–H and O–H groups in total. The summed E-state index contributed by atoms with van der Waals surface area (Å²) in [7, 11) is 1.99. The summed E-state index contributed by atoms with van der Waals surface area (Å²) in [4.78, 5) is 9.73. The lowest BCUT2D eigenvalue weighted by atomic mass is 10.0. The molecule has 0 spiro atoms. The summed E-state index contributed by atoms with van der Waals surface area (Å²) in [6.45, 7) is 6.35. The maximum Gasteiger partial charge on any atom is 0.138 e. The number of anilines is 1. The number of thiophene rings is 1. The monoisotopic (exact) mass is 301 g/mol. The molecule has 110 valence electrons. The minimum Gasteiger partial charge on any atom is -0.362 e. The van der Waals surface area contributed by atoms with Gasteiger partial charge in [0.05, 0.1) is 17.1 Å². The molecule has 3 heterocycles. The molecule has 0 saturated carbocycles. The lowest BCUT2D eigenvalue weighted by Gasteiger charge is -2.19. The highest BCUT2D eigenvalue weighted by Crippen LogP contribution is 2.30. The van der Waals surface area contributed by atoms with Crippen LogP contribution in [0.15, 0.2) is 17.8 Å². The van der Waals surface area contributed by atoms with E-state index in [9.17, 15) is 0 Å². The zero-order valence-electron chi connectivity index (χ0n) is 12.7. The molecule has 3 aromatic heterocycles. The van der Waals surface area contributed by atoms with Crippen LogP contribution in [0.4, 0.5) is 5.82 Å². The third-order valence-electron chi connectivity index (χ3n) is 3.89. The predicted octanol–water partition coefficient (Wildman–Crippen LogP) is 3.60. The maximum atomic E-state index is 4.52. The van der Waals surface area contributed by atoms with Crippen molar-refractivity contribution in [3.05, 3.63) is 34.7 Å². The number of aromatic nitrogens is 4. The van der Waals surface area contributed by atoms with Crippen LogP contribution >= 0.6 is 11.3 Å². The van der Waals surface area contributed by atoms with Crippen LogP contribution in [-0.4, -0.2) is 19.7 Å². The van der Waals surface area contributed by atoms with Crippen molar-refractivity contribution in [1.29, 1.82) is 0 Å². The van der Waals surface area contributed by atoms with E-state index in [1.807, 2.05) is 17.1 Å². The molecule has 1 unspecified atom stereocenters. The van der Waals surface area contributed by atoms with Crippen molar-refractivity contribution in [1.82, 2.24) is 19.7 Å². The summed E-state index contributed by atoms with van der Waals surface area (Å²) >= 11 is 1.63. The number of hydrogen-bond donors (Lipinski definition) is 1. The average molecular weight is 301 g/mol. The fraction of sp³-hybridized carbons (Fsp3) is 0.400. The summed E-state index contributed by atoms with van der Waals surface area (Å²) in [6.07, 6.45) is 2.60. The van der Waals surface area contributed by atoms with Gasteiger partial charge in [0, 0.05) is 18.3 Å². The molecule has 0 bridgehead atoms. The Morgan fingerprint density at radius 3 is 2.81 bits per heavy atom. The Morgan fingerprint density at radius 2 is 2.14 bits per heavy atom. The number of nitrogens with zero attached hydrogens (tertiary/aromatic N) is 4. The number of rotatable bonds is 4. The smallest absolute Gasteiger partial charge is 0.138 e. The molecule has 6 heteroatoms. The molecule has 1 atom stereocenters.